The number of ether oxygens (including phenoxy) is 1. The largest absolute Gasteiger partial charge is 0.478 e. The van der Waals surface area contributed by atoms with Gasteiger partial charge < -0.3 is 4.74 Å². The van der Waals surface area contributed by atoms with Crippen LogP contribution in [0.2, 0.25) is 0 Å². The average molecular weight is 222 g/mol. The van der Waals surface area contributed by atoms with E-state index >= 15 is 0 Å². The number of ketones is 1. The molecule has 0 radical (unpaired) electrons. The molecule has 0 bridgehead atoms. The highest BCUT2D eigenvalue weighted by Gasteiger charge is 2.05. The van der Waals surface area contributed by atoms with Crippen molar-refractivity contribution in [2.45, 2.75) is 39.5 Å². The number of hydrogen-bond donors (Lipinski definition) is 0. The fourth-order valence-electron chi connectivity index (χ4n) is 1.33. The van der Waals surface area contributed by atoms with Crippen molar-refractivity contribution >= 4 is 5.78 Å². The second kappa shape index (κ2) is 6.93. The Morgan fingerprint density at radius 1 is 1.31 bits per heavy atom. The van der Waals surface area contributed by atoms with Crippen LogP contribution in [0.5, 0.6) is 5.88 Å². The third-order valence-corrected chi connectivity index (χ3v) is 2.06. The Kier molecular flexibility index (Phi) is 5.46. The summed E-state index contributed by atoms with van der Waals surface area (Å²) in [6.07, 6.45) is 4.24. The van der Waals surface area contributed by atoms with Crippen LogP contribution in [0.15, 0.2) is 12.4 Å². The van der Waals surface area contributed by atoms with Gasteiger partial charge in [-0.2, -0.15) is 0 Å². The first-order valence-electron chi connectivity index (χ1n) is 5.71. The van der Waals surface area contributed by atoms with E-state index in [-0.39, 0.29) is 5.78 Å². The first-order valence-corrected chi connectivity index (χ1v) is 5.71. The molecule has 0 N–H and O–H groups in total. The topological polar surface area (TPSA) is 52.1 Å². The molecule has 1 rings (SSSR count). The van der Waals surface area contributed by atoms with E-state index in [1.807, 2.05) is 13.8 Å². The summed E-state index contributed by atoms with van der Waals surface area (Å²) in [5.41, 5.74) is 0.736. The summed E-state index contributed by atoms with van der Waals surface area (Å²) < 4.78 is 5.37. The van der Waals surface area contributed by atoms with Gasteiger partial charge in [-0.05, 0) is 12.8 Å². The Morgan fingerprint density at radius 2 is 2.12 bits per heavy atom. The zero-order chi connectivity index (χ0) is 11.8. The van der Waals surface area contributed by atoms with Crippen molar-refractivity contribution in [3.05, 3.63) is 18.1 Å². The molecule has 4 nitrogen and oxygen atoms in total. The molecular formula is C12H18N2O2. The predicted octanol–water partition coefficient (Wildman–Crippen LogP) is 2.18. The second-order valence-electron chi connectivity index (χ2n) is 3.66. The lowest BCUT2D eigenvalue weighted by Gasteiger charge is -2.04. The molecule has 0 aliphatic heterocycles. The maximum Gasteiger partial charge on any atom is 0.216 e. The maximum absolute atomic E-state index is 11.4. The van der Waals surface area contributed by atoms with Crippen LogP contribution < -0.4 is 4.74 Å². The smallest absolute Gasteiger partial charge is 0.216 e. The molecule has 0 atom stereocenters. The molecule has 0 saturated heterocycles. The average Bonchev–Trinajstić information content (AvgIpc) is 2.27. The van der Waals surface area contributed by atoms with E-state index in [1.165, 1.54) is 6.33 Å². The lowest BCUT2D eigenvalue weighted by Crippen LogP contribution is -2.05. The molecule has 0 unspecified atom stereocenters. The molecule has 1 heterocycles. The van der Waals surface area contributed by atoms with Crippen molar-refractivity contribution in [3.63, 3.8) is 0 Å². The van der Waals surface area contributed by atoms with Crippen LogP contribution in [0, 0.1) is 0 Å². The Bertz CT molecular complexity index is 340. The van der Waals surface area contributed by atoms with Gasteiger partial charge in [-0.1, -0.05) is 13.8 Å². The van der Waals surface area contributed by atoms with Gasteiger partial charge in [-0.3, -0.25) is 4.79 Å². The van der Waals surface area contributed by atoms with Gasteiger partial charge in [0.05, 0.1) is 12.3 Å². The molecule has 0 aromatic carbocycles. The zero-order valence-electron chi connectivity index (χ0n) is 9.90. The summed E-state index contributed by atoms with van der Waals surface area (Å²) in [5, 5.41) is 0. The third-order valence-electron chi connectivity index (χ3n) is 2.06. The van der Waals surface area contributed by atoms with E-state index in [1.54, 1.807) is 6.07 Å². The zero-order valence-corrected chi connectivity index (χ0v) is 9.90. The predicted molar refractivity (Wildman–Crippen MR) is 61.4 cm³/mol. The minimum atomic E-state index is 0.211. The maximum atomic E-state index is 11.4. The van der Waals surface area contributed by atoms with Crippen LogP contribution in [-0.2, 0) is 11.2 Å². The summed E-state index contributed by atoms with van der Waals surface area (Å²) in [6.45, 7) is 4.67. The molecule has 1 aromatic rings. The fraction of sp³-hybridized carbons (Fsp3) is 0.583. The lowest BCUT2D eigenvalue weighted by atomic mass is 10.1. The number of carbonyl (C=O) groups is 1. The van der Waals surface area contributed by atoms with E-state index in [0.29, 0.717) is 25.3 Å². The van der Waals surface area contributed by atoms with Gasteiger partial charge in [0.2, 0.25) is 5.88 Å². The summed E-state index contributed by atoms with van der Waals surface area (Å²) in [5.74, 6) is 0.763. The van der Waals surface area contributed by atoms with Crippen LogP contribution in [0.1, 0.15) is 38.8 Å². The minimum absolute atomic E-state index is 0.211. The number of aromatic nitrogens is 2. The number of rotatable bonds is 7. The number of hydrogen-bond acceptors (Lipinski definition) is 4. The molecule has 0 aliphatic carbocycles. The van der Waals surface area contributed by atoms with Gasteiger partial charge >= 0.3 is 0 Å². The first kappa shape index (κ1) is 12.6. The van der Waals surface area contributed by atoms with Crippen molar-refractivity contribution in [2.75, 3.05) is 6.61 Å². The van der Waals surface area contributed by atoms with E-state index in [9.17, 15) is 4.79 Å². The molecule has 4 heteroatoms. The van der Waals surface area contributed by atoms with Crippen molar-refractivity contribution < 1.29 is 9.53 Å². The monoisotopic (exact) mass is 222 g/mol. The molecule has 1 aromatic heterocycles. The van der Waals surface area contributed by atoms with Crippen LogP contribution in [0.4, 0.5) is 0 Å². The van der Waals surface area contributed by atoms with Crippen molar-refractivity contribution in [3.8, 4) is 5.88 Å². The van der Waals surface area contributed by atoms with Gasteiger partial charge in [0, 0.05) is 18.9 Å². The van der Waals surface area contributed by atoms with Crippen LogP contribution in [0.3, 0.4) is 0 Å². The number of nitrogens with zero attached hydrogens (tertiary/aromatic N) is 2. The molecule has 0 saturated carbocycles. The first-order chi connectivity index (χ1) is 7.76. The van der Waals surface area contributed by atoms with E-state index in [4.69, 9.17) is 4.74 Å². The Balaban J connectivity index is 2.56. The third kappa shape index (κ3) is 4.38. The molecule has 0 spiro atoms. The van der Waals surface area contributed by atoms with Gasteiger partial charge in [0.1, 0.15) is 12.1 Å². The van der Waals surface area contributed by atoms with E-state index < -0.39 is 0 Å². The molecular weight excluding hydrogens is 204 g/mol. The SMILES string of the molecule is CCCOc1cc(CC(=O)CCC)ncn1. The van der Waals surface area contributed by atoms with Crippen molar-refractivity contribution in [1.82, 2.24) is 9.97 Å². The van der Waals surface area contributed by atoms with Crippen molar-refractivity contribution in [2.24, 2.45) is 0 Å². The molecule has 0 aliphatic rings. The minimum Gasteiger partial charge on any atom is -0.478 e. The van der Waals surface area contributed by atoms with Gasteiger partial charge in [-0.25, -0.2) is 9.97 Å². The molecule has 0 amide bonds. The summed E-state index contributed by atoms with van der Waals surface area (Å²) >= 11 is 0. The molecule has 0 fully saturated rings. The van der Waals surface area contributed by atoms with Crippen molar-refractivity contribution in [1.29, 1.82) is 0 Å². The summed E-state index contributed by atoms with van der Waals surface area (Å²) in [6, 6.07) is 1.74. The Labute approximate surface area is 96.1 Å². The van der Waals surface area contributed by atoms with Gasteiger partial charge in [0.15, 0.2) is 0 Å². The highest BCUT2D eigenvalue weighted by Crippen LogP contribution is 2.08. The van der Waals surface area contributed by atoms with Gasteiger partial charge in [0.25, 0.3) is 0 Å². The van der Waals surface area contributed by atoms with E-state index in [2.05, 4.69) is 9.97 Å². The second-order valence-corrected chi connectivity index (χ2v) is 3.66. The van der Waals surface area contributed by atoms with Crippen LogP contribution in [0.25, 0.3) is 0 Å². The van der Waals surface area contributed by atoms with Crippen LogP contribution in [-0.4, -0.2) is 22.4 Å². The fourth-order valence-corrected chi connectivity index (χ4v) is 1.33. The molecule has 16 heavy (non-hydrogen) atoms. The standard InChI is InChI=1S/C12H18N2O2/c1-3-5-11(15)7-10-8-12(14-9-13-10)16-6-4-2/h8-9H,3-7H2,1-2H3. The number of carbonyl (C=O) groups excluding carboxylic acids is 1. The van der Waals surface area contributed by atoms with Crippen LogP contribution >= 0.6 is 0 Å². The van der Waals surface area contributed by atoms with E-state index in [0.717, 1.165) is 18.5 Å². The quantitative estimate of drug-likeness (QED) is 0.709. The highest BCUT2D eigenvalue weighted by molar-refractivity contribution is 5.80. The summed E-state index contributed by atoms with van der Waals surface area (Å²) in [4.78, 5) is 19.5. The molecule has 88 valence electrons. The number of Topliss-reactive ketones (excluding diaryl/α,β-unsaturated/α-hetero) is 1. The highest BCUT2D eigenvalue weighted by atomic mass is 16.5. The van der Waals surface area contributed by atoms with Gasteiger partial charge in [-0.15, -0.1) is 0 Å². The Morgan fingerprint density at radius 3 is 2.81 bits per heavy atom. The summed E-state index contributed by atoms with van der Waals surface area (Å²) in [7, 11) is 0. The normalized spacial score (nSPS) is 10.1. The Hall–Kier alpha value is -1.45. The lowest BCUT2D eigenvalue weighted by molar-refractivity contribution is -0.118.